The van der Waals surface area contributed by atoms with Crippen LogP contribution in [0.15, 0.2) is 23.1 Å². The molecule has 0 bridgehead atoms. The van der Waals surface area contributed by atoms with Gasteiger partial charge in [-0.3, -0.25) is 14.9 Å². The van der Waals surface area contributed by atoms with Gasteiger partial charge in [0.05, 0.1) is 11.0 Å². The molecule has 104 valence electrons. The Balaban J connectivity index is 3.29. The highest BCUT2D eigenvalue weighted by atomic mass is 32.2. The number of aliphatic carboxylic acids is 1. The molecule has 8 nitrogen and oxygen atoms in total. The zero-order valence-corrected chi connectivity index (χ0v) is 10.3. The number of benzene rings is 1. The first-order valence-corrected chi connectivity index (χ1v) is 6.32. The van der Waals surface area contributed by atoms with E-state index in [-0.39, 0.29) is 0 Å². The Kier molecular flexibility index (Phi) is 4.17. The third-order valence-corrected chi connectivity index (χ3v) is 3.70. The van der Waals surface area contributed by atoms with Crippen LogP contribution in [0.3, 0.4) is 0 Å². The van der Waals surface area contributed by atoms with Crippen LogP contribution in [-0.4, -0.2) is 30.5 Å². The van der Waals surface area contributed by atoms with Crippen molar-refractivity contribution in [3.8, 4) is 0 Å². The molecule has 0 saturated heterocycles. The molecule has 1 aromatic carbocycles. The van der Waals surface area contributed by atoms with E-state index in [4.69, 9.17) is 5.11 Å². The van der Waals surface area contributed by atoms with Crippen molar-refractivity contribution in [2.75, 3.05) is 0 Å². The van der Waals surface area contributed by atoms with Crippen LogP contribution in [0.25, 0.3) is 0 Å². The van der Waals surface area contributed by atoms with Crippen molar-refractivity contribution in [1.29, 1.82) is 0 Å². The van der Waals surface area contributed by atoms with Gasteiger partial charge in [-0.05, 0) is 19.1 Å². The van der Waals surface area contributed by atoms with Crippen LogP contribution in [0, 0.1) is 15.9 Å². The molecule has 1 atom stereocenters. The summed E-state index contributed by atoms with van der Waals surface area (Å²) in [5.41, 5.74) is -0.968. The van der Waals surface area contributed by atoms with E-state index < -0.39 is 43.4 Å². The molecule has 1 rings (SSSR count). The first-order chi connectivity index (χ1) is 8.65. The topological polar surface area (TPSA) is 127 Å². The van der Waals surface area contributed by atoms with E-state index in [1.807, 2.05) is 0 Å². The molecule has 19 heavy (non-hydrogen) atoms. The van der Waals surface area contributed by atoms with E-state index in [0.717, 1.165) is 13.0 Å². The van der Waals surface area contributed by atoms with Gasteiger partial charge in [0, 0.05) is 0 Å². The second kappa shape index (κ2) is 5.28. The fraction of sp³-hybridized carbons (Fsp3) is 0.222. The van der Waals surface area contributed by atoms with Crippen molar-refractivity contribution in [2.24, 2.45) is 0 Å². The zero-order chi connectivity index (χ0) is 14.8. The second-order valence-electron chi connectivity index (χ2n) is 3.55. The summed E-state index contributed by atoms with van der Waals surface area (Å²) in [5.74, 6) is -2.43. The van der Waals surface area contributed by atoms with Crippen LogP contribution in [-0.2, 0) is 14.8 Å². The summed E-state index contributed by atoms with van der Waals surface area (Å²) < 4.78 is 38.2. The second-order valence-corrected chi connectivity index (χ2v) is 5.23. The van der Waals surface area contributed by atoms with Crippen molar-refractivity contribution >= 4 is 21.7 Å². The smallest absolute Gasteiger partial charge is 0.321 e. The van der Waals surface area contributed by atoms with Crippen LogP contribution in [0.4, 0.5) is 10.1 Å². The number of nitro benzene ring substituents is 1. The standard InChI is InChI=1S/C9H9FN2O6S/c1-5(9(13)14)11-19(17,18)8-3-2-6(10)4-7(8)12(15)16/h2-5,11H,1H3,(H,13,14). The number of nitro groups is 1. The van der Waals surface area contributed by atoms with Gasteiger partial charge in [0.15, 0.2) is 4.90 Å². The minimum atomic E-state index is -4.44. The average molecular weight is 292 g/mol. The maximum absolute atomic E-state index is 12.9. The Hall–Kier alpha value is -2.07. The number of hydrogen-bond donors (Lipinski definition) is 2. The lowest BCUT2D eigenvalue weighted by atomic mass is 10.3. The Bertz CT molecular complexity index is 630. The number of hydrogen-bond acceptors (Lipinski definition) is 5. The molecule has 1 unspecified atom stereocenters. The normalized spacial score (nSPS) is 12.9. The minimum absolute atomic E-state index is 0.444. The molecule has 0 amide bonds. The lowest BCUT2D eigenvalue weighted by molar-refractivity contribution is -0.388. The molecule has 0 aliphatic heterocycles. The molecule has 2 N–H and O–H groups in total. The molecule has 0 aromatic heterocycles. The first-order valence-electron chi connectivity index (χ1n) is 4.84. The van der Waals surface area contributed by atoms with Crippen molar-refractivity contribution in [1.82, 2.24) is 4.72 Å². The Morgan fingerprint density at radius 1 is 1.53 bits per heavy atom. The number of carboxylic acids is 1. The monoisotopic (exact) mass is 292 g/mol. The lowest BCUT2D eigenvalue weighted by Crippen LogP contribution is -2.38. The summed E-state index contributed by atoms with van der Waals surface area (Å²) in [6, 6.07) is 0.395. The Morgan fingerprint density at radius 2 is 2.11 bits per heavy atom. The quantitative estimate of drug-likeness (QED) is 0.600. The molecule has 10 heteroatoms. The molecule has 0 fully saturated rings. The summed E-state index contributed by atoms with van der Waals surface area (Å²) in [6.07, 6.45) is 0. The Labute approximate surface area is 107 Å². The number of carbonyl (C=O) groups is 1. The molecule has 0 saturated carbocycles. The summed E-state index contributed by atoms with van der Waals surface area (Å²) >= 11 is 0. The van der Waals surface area contributed by atoms with Gasteiger partial charge < -0.3 is 5.11 Å². The predicted molar refractivity (Wildman–Crippen MR) is 60.5 cm³/mol. The number of nitrogens with zero attached hydrogens (tertiary/aromatic N) is 1. The minimum Gasteiger partial charge on any atom is -0.480 e. The van der Waals surface area contributed by atoms with Crippen LogP contribution < -0.4 is 4.72 Å². The fourth-order valence-corrected chi connectivity index (χ4v) is 2.56. The molecule has 0 aliphatic carbocycles. The third-order valence-electron chi connectivity index (χ3n) is 2.11. The van der Waals surface area contributed by atoms with Gasteiger partial charge >= 0.3 is 5.97 Å². The molecule has 0 radical (unpaired) electrons. The molecule has 1 aromatic rings. The van der Waals surface area contributed by atoms with E-state index in [1.165, 1.54) is 0 Å². The molecular weight excluding hydrogens is 283 g/mol. The Morgan fingerprint density at radius 3 is 2.58 bits per heavy atom. The SMILES string of the molecule is CC(NS(=O)(=O)c1ccc(F)cc1[N+](=O)[O-])C(=O)O. The largest absolute Gasteiger partial charge is 0.480 e. The molecular formula is C9H9FN2O6S. The van der Waals surface area contributed by atoms with Crippen LogP contribution >= 0.6 is 0 Å². The van der Waals surface area contributed by atoms with E-state index in [0.29, 0.717) is 12.1 Å². The van der Waals surface area contributed by atoms with Gasteiger partial charge in [-0.1, -0.05) is 0 Å². The van der Waals surface area contributed by atoms with Crippen molar-refractivity contribution < 1.29 is 27.6 Å². The maximum Gasteiger partial charge on any atom is 0.321 e. The molecule has 0 aliphatic rings. The zero-order valence-electron chi connectivity index (χ0n) is 9.53. The highest BCUT2D eigenvalue weighted by Crippen LogP contribution is 2.24. The first kappa shape index (κ1) is 15.0. The number of rotatable bonds is 5. The van der Waals surface area contributed by atoms with E-state index in [9.17, 15) is 27.7 Å². The summed E-state index contributed by atoms with van der Waals surface area (Å²) in [6.45, 7) is 1.05. The van der Waals surface area contributed by atoms with Crippen molar-refractivity contribution in [3.63, 3.8) is 0 Å². The van der Waals surface area contributed by atoms with Gasteiger partial charge in [0.2, 0.25) is 10.0 Å². The van der Waals surface area contributed by atoms with Crippen LogP contribution in [0.5, 0.6) is 0 Å². The summed E-state index contributed by atoms with van der Waals surface area (Å²) in [5, 5.41) is 19.3. The van der Waals surface area contributed by atoms with E-state index in [2.05, 4.69) is 0 Å². The summed E-state index contributed by atoms with van der Waals surface area (Å²) in [4.78, 5) is 19.4. The van der Waals surface area contributed by atoms with Crippen LogP contribution in [0.2, 0.25) is 0 Å². The molecule has 0 spiro atoms. The highest BCUT2D eigenvalue weighted by Gasteiger charge is 2.29. The number of sulfonamides is 1. The van der Waals surface area contributed by atoms with Gasteiger partial charge in [0.1, 0.15) is 11.9 Å². The number of halogens is 1. The van der Waals surface area contributed by atoms with Gasteiger partial charge in [-0.2, -0.15) is 4.72 Å². The maximum atomic E-state index is 12.9. The van der Waals surface area contributed by atoms with Crippen molar-refractivity contribution in [3.05, 3.63) is 34.1 Å². The van der Waals surface area contributed by atoms with Crippen molar-refractivity contribution in [2.45, 2.75) is 17.9 Å². The van der Waals surface area contributed by atoms with E-state index >= 15 is 0 Å². The van der Waals surface area contributed by atoms with Crippen LogP contribution in [0.1, 0.15) is 6.92 Å². The lowest BCUT2D eigenvalue weighted by Gasteiger charge is -2.10. The number of carboxylic acid groups (broad SMARTS) is 1. The molecule has 0 heterocycles. The van der Waals surface area contributed by atoms with Gasteiger partial charge in [-0.15, -0.1) is 0 Å². The predicted octanol–water partition coefficient (Wildman–Crippen LogP) is 0.485. The fourth-order valence-electron chi connectivity index (χ4n) is 1.21. The number of nitrogens with one attached hydrogen (secondary N) is 1. The van der Waals surface area contributed by atoms with Gasteiger partial charge in [0.25, 0.3) is 5.69 Å². The summed E-state index contributed by atoms with van der Waals surface area (Å²) in [7, 11) is -4.44. The average Bonchev–Trinajstić information content (AvgIpc) is 2.27. The third kappa shape index (κ3) is 3.45. The van der Waals surface area contributed by atoms with E-state index in [1.54, 1.807) is 4.72 Å². The highest BCUT2D eigenvalue weighted by molar-refractivity contribution is 7.89. The van der Waals surface area contributed by atoms with Gasteiger partial charge in [-0.25, -0.2) is 12.8 Å².